The second-order valence-corrected chi connectivity index (χ2v) is 14.9. The molecule has 9 nitrogen and oxygen atoms in total. The third-order valence-electron chi connectivity index (χ3n) is 7.63. The molecule has 1 aromatic heterocycles. The highest BCUT2D eigenvalue weighted by Crippen LogP contribution is 2.39. The third-order valence-corrected chi connectivity index (χ3v) is 8.14. The second kappa shape index (κ2) is 17.6. The average molecular weight is 671 g/mol. The molecule has 0 spiro atoms. The standard InChI is InChI=1S/C24H31N3O3S.C13H27NO2/c1-8-15-10-9-11-16-12-20(27(5)21(15)16)23(28)25-18-13-17(24(2,3)4)14-19(22(18)30-6)26-31(7)29;1-6-8-10-14(11-9-7-2)12(15)16-13(3,4)5/h9-14,26H,8H2,1-7H3,(H,25,28);6-11H2,1-5H3. The number of carbonyl (C=O) groups is 2. The minimum Gasteiger partial charge on any atom is -0.492 e. The Balaban J connectivity index is 0.000000407. The van der Waals surface area contributed by atoms with Crippen LogP contribution in [0.2, 0.25) is 0 Å². The van der Waals surface area contributed by atoms with Gasteiger partial charge in [-0.15, -0.1) is 0 Å². The predicted molar refractivity (Wildman–Crippen MR) is 197 cm³/mol. The fourth-order valence-corrected chi connectivity index (χ4v) is 5.58. The molecule has 1 unspecified atom stereocenters. The number of hydrogen-bond donors (Lipinski definition) is 2. The highest BCUT2D eigenvalue weighted by molar-refractivity contribution is 7.85. The number of aryl methyl sites for hydroxylation is 2. The molecule has 2 N–H and O–H groups in total. The molecule has 0 aliphatic heterocycles. The smallest absolute Gasteiger partial charge is 0.410 e. The normalized spacial score (nSPS) is 12.2. The monoisotopic (exact) mass is 670 g/mol. The van der Waals surface area contributed by atoms with E-state index in [1.165, 1.54) is 12.7 Å². The summed E-state index contributed by atoms with van der Waals surface area (Å²) in [6, 6.07) is 11.9. The molecular formula is C37H58N4O5S. The van der Waals surface area contributed by atoms with Gasteiger partial charge < -0.3 is 29.0 Å². The Morgan fingerprint density at radius 2 is 1.53 bits per heavy atom. The van der Waals surface area contributed by atoms with Gasteiger partial charge in [-0.1, -0.05) is 72.6 Å². The molecule has 262 valence electrons. The van der Waals surface area contributed by atoms with Crippen LogP contribution >= 0.6 is 0 Å². The number of hydrogen-bond acceptors (Lipinski definition) is 5. The molecule has 2 amide bonds. The fourth-order valence-electron chi connectivity index (χ4n) is 5.11. The number of carbonyl (C=O) groups excluding carboxylic acids is 2. The van der Waals surface area contributed by atoms with Gasteiger partial charge in [0.05, 0.1) is 24.0 Å². The average Bonchev–Trinajstić information content (AvgIpc) is 3.32. The lowest BCUT2D eigenvalue weighted by Crippen LogP contribution is -2.38. The first-order valence-electron chi connectivity index (χ1n) is 16.7. The van der Waals surface area contributed by atoms with Crippen LogP contribution in [0.25, 0.3) is 10.9 Å². The maximum Gasteiger partial charge on any atom is 0.410 e. The number of nitrogens with one attached hydrogen (secondary N) is 2. The molecule has 0 saturated carbocycles. The van der Waals surface area contributed by atoms with Crippen molar-refractivity contribution in [2.24, 2.45) is 7.05 Å². The number of unbranched alkanes of at least 4 members (excludes halogenated alkanes) is 2. The number of amides is 2. The van der Waals surface area contributed by atoms with E-state index in [9.17, 15) is 13.8 Å². The lowest BCUT2D eigenvalue weighted by atomic mass is 9.86. The maximum atomic E-state index is 13.3. The van der Waals surface area contributed by atoms with Crippen LogP contribution in [-0.2, 0) is 34.6 Å². The SMILES string of the molecule is CCCCN(CCCC)C(=O)OC(C)(C)C.CCc1cccc2cc(C(=O)Nc3cc(C(C)(C)C)cc(NS(C)=O)c3OC)n(C)c12. The van der Waals surface area contributed by atoms with Crippen molar-refractivity contribution in [3.8, 4) is 5.75 Å². The Labute approximate surface area is 285 Å². The molecule has 2 aromatic carbocycles. The van der Waals surface area contributed by atoms with Crippen molar-refractivity contribution in [1.82, 2.24) is 9.47 Å². The molecule has 0 aliphatic rings. The molecule has 3 rings (SSSR count). The van der Waals surface area contributed by atoms with Crippen LogP contribution < -0.4 is 14.8 Å². The Kier molecular flexibility index (Phi) is 14.8. The maximum absolute atomic E-state index is 13.3. The number of benzene rings is 2. The zero-order valence-electron chi connectivity index (χ0n) is 30.8. The molecule has 1 heterocycles. The Bertz CT molecular complexity index is 1510. The summed E-state index contributed by atoms with van der Waals surface area (Å²) in [5.74, 6) is 0.221. The molecular weight excluding hydrogens is 612 g/mol. The number of nitrogens with zero attached hydrogens (tertiary/aromatic N) is 2. The largest absolute Gasteiger partial charge is 0.492 e. The van der Waals surface area contributed by atoms with E-state index in [0.717, 1.165) is 61.7 Å². The van der Waals surface area contributed by atoms with Crippen molar-refractivity contribution in [3.05, 3.63) is 53.2 Å². The lowest BCUT2D eigenvalue weighted by Gasteiger charge is -2.27. The first-order valence-corrected chi connectivity index (χ1v) is 18.2. The van der Waals surface area contributed by atoms with Gasteiger partial charge in [-0.25, -0.2) is 9.00 Å². The van der Waals surface area contributed by atoms with Crippen molar-refractivity contribution >= 4 is 45.3 Å². The first-order chi connectivity index (χ1) is 22.0. The predicted octanol–water partition coefficient (Wildman–Crippen LogP) is 8.83. The van der Waals surface area contributed by atoms with E-state index in [1.54, 1.807) is 6.26 Å². The highest BCUT2D eigenvalue weighted by atomic mass is 32.2. The van der Waals surface area contributed by atoms with E-state index in [0.29, 0.717) is 22.8 Å². The van der Waals surface area contributed by atoms with E-state index in [2.05, 4.69) is 57.6 Å². The summed E-state index contributed by atoms with van der Waals surface area (Å²) in [5, 5.41) is 4.05. The number of rotatable bonds is 12. The van der Waals surface area contributed by atoms with Gasteiger partial charge in [0.2, 0.25) is 0 Å². The molecule has 0 radical (unpaired) electrons. The minimum atomic E-state index is -1.29. The fraction of sp³-hybridized carbons (Fsp3) is 0.568. The van der Waals surface area contributed by atoms with Gasteiger partial charge in [0.1, 0.15) is 22.3 Å². The van der Waals surface area contributed by atoms with Gasteiger partial charge in [-0.2, -0.15) is 0 Å². The summed E-state index contributed by atoms with van der Waals surface area (Å²) in [5.41, 5.74) is 4.36. The molecule has 1 atom stereocenters. The third kappa shape index (κ3) is 11.6. The molecule has 47 heavy (non-hydrogen) atoms. The van der Waals surface area contributed by atoms with E-state index in [-0.39, 0.29) is 17.4 Å². The summed E-state index contributed by atoms with van der Waals surface area (Å²) in [4.78, 5) is 27.0. The van der Waals surface area contributed by atoms with Gasteiger partial charge in [0, 0.05) is 31.8 Å². The van der Waals surface area contributed by atoms with Gasteiger partial charge in [0.15, 0.2) is 5.75 Å². The van der Waals surface area contributed by atoms with Crippen molar-refractivity contribution in [3.63, 3.8) is 0 Å². The summed E-state index contributed by atoms with van der Waals surface area (Å²) in [6.07, 6.45) is 6.57. The first kappa shape index (κ1) is 39.6. The lowest BCUT2D eigenvalue weighted by molar-refractivity contribution is 0.0245. The van der Waals surface area contributed by atoms with Crippen LogP contribution in [0.4, 0.5) is 16.2 Å². The molecule has 10 heteroatoms. The van der Waals surface area contributed by atoms with E-state index >= 15 is 0 Å². The van der Waals surface area contributed by atoms with Crippen LogP contribution in [0, 0.1) is 0 Å². The zero-order valence-corrected chi connectivity index (χ0v) is 31.6. The van der Waals surface area contributed by atoms with Crippen molar-refractivity contribution < 1.29 is 23.3 Å². The number of methoxy groups -OCH3 is 1. The van der Waals surface area contributed by atoms with Crippen molar-refractivity contribution in [2.45, 2.75) is 105 Å². The van der Waals surface area contributed by atoms with Crippen LogP contribution in [0.15, 0.2) is 36.4 Å². The summed E-state index contributed by atoms with van der Waals surface area (Å²) in [7, 11) is 2.16. The molecule has 0 bridgehead atoms. The molecule has 0 aliphatic carbocycles. The second-order valence-electron chi connectivity index (χ2n) is 13.8. The van der Waals surface area contributed by atoms with Crippen molar-refractivity contribution in [2.75, 3.05) is 36.5 Å². The molecule has 3 aromatic rings. The van der Waals surface area contributed by atoms with Gasteiger partial charge in [0.25, 0.3) is 5.91 Å². The number of fused-ring (bicyclic) bond motifs is 1. The van der Waals surface area contributed by atoms with E-state index < -0.39 is 16.6 Å². The van der Waals surface area contributed by atoms with E-state index in [4.69, 9.17) is 9.47 Å². The van der Waals surface area contributed by atoms with Crippen LogP contribution in [0.3, 0.4) is 0 Å². The summed E-state index contributed by atoms with van der Waals surface area (Å²) >= 11 is 0. The van der Waals surface area contributed by atoms with Crippen molar-refractivity contribution in [1.29, 1.82) is 0 Å². The zero-order chi connectivity index (χ0) is 35.5. The Hall–Kier alpha value is -3.53. The highest BCUT2D eigenvalue weighted by Gasteiger charge is 2.23. The number of anilines is 2. The van der Waals surface area contributed by atoms with Gasteiger partial charge >= 0.3 is 6.09 Å². The number of aromatic nitrogens is 1. The van der Waals surface area contributed by atoms with Crippen LogP contribution in [-0.4, -0.2) is 57.7 Å². The van der Waals surface area contributed by atoms with Crippen LogP contribution in [0.5, 0.6) is 5.75 Å². The molecule has 0 fully saturated rings. The van der Waals surface area contributed by atoms with Gasteiger partial charge in [-0.3, -0.25) is 4.79 Å². The van der Waals surface area contributed by atoms with E-state index in [1.807, 2.05) is 67.6 Å². The summed E-state index contributed by atoms with van der Waals surface area (Å²) in [6.45, 7) is 20.0. The number of para-hydroxylation sites is 1. The van der Waals surface area contributed by atoms with Crippen LogP contribution in [0.1, 0.15) is 110 Å². The Morgan fingerprint density at radius 3 is 2.02 bits per heavy atom. The molecule has 0 saturated heterocycles. The van der Waals surface area contributed by atoms with Gasteiger partial charge in [-0.05, 0) is 74.8 Å². The number of ether oxygens (including phenoxy) is 2. The topological polar surface area (TPSA) is 102 Å². The summed E-state index contributed by atoms with van der Waals surface area (Å²) < 4.78 is 27.7. The quantitative estimate of drug-likeness (QED) is 0.201. The Morgan fingerprint density at radius 1 is 0.936 bits per heavy atom. The minimum absolute atomic E-state index is 0.172.